The van der Waals surface area contributed by atoms with Crippen molar-refractivity contribution in [1.82, 2.24) is 0 Å². The van der Waals surface area contributed by atoms with Crippen LogP contribution in [0.4, 0.5) is 0 Å². The monoisotopic (exact) mass is 947 g/mol. The fraction of sp³-hybridized carbons (Fsp3) is 1.00. The summed E-state index contributed by atoms with van der Waals surface area (Å²) in [7, 11) is 0. The molecule has 0 aromatic carbocycles. The van der Waals surface area contributed by atoms with Gasteiger partial charge >= 0.3 is 0 Å². The Bertz CT molecular complexity index is 1720. The maximum Gasteiger partial charge on any atom is 0.187 e. The Balaban J connectivity index is 1.07. The van der Waals surface area contributed by atoms with Crippen LogP contribution >= 0.6 is 0 Å². The first-order chi connectivity index (χ1) is 30.6. The standard InChI is InChI=1S/C48H82O18/c1-20-30(52)33(55)35(57)40(60-20)64-37-32(54)25(19-49)62-42(38(37)65-41-36(58)34(56)31(53)21(2)61-41)63-28-13-14-45(7)26(43(28,3)4)12-16-46(8)27(45)17-23(50)29-22(11-15-47(29,46)9)48(10)18-24(51)39(59)44(5,6)66-48/h20-42,49-59H,11-19H2,1-10H3/t20-,21-,22-,23+,24-,25+,26+,27+,28-,29-,30-,31-,32+,33+,34+,35+,36+,37-,38+,39+,40-,41-,42-,45-,46+,47+,48-/m0/s1. The zero-order valence-corrected chi connectivity index (χ0v) is 40.4. The van der Waals surface area contributed by atoms with E-state index in [1.165, 1.54) is 13.8 Å². The summed E-state index contributed by atoms with van der Waals surface area (Å²) in [5.41, 5.74) is -2.86. The van der Waals surface area contributed by atoms with Crippen LogP contribution < -0.4 is 0 Å². The first kappa shape index (κ1) is 51.6. The van der Waals surface area contributed by atoms with E-state index in [1.807, 2.05) is 13.8 Å². The molecule has 0 amide bonds. The Morgan fingerprint density at radius 2 is 1.11 bits per heavy atom. The van der Waals surface area contributed by atoms with Crippen LogP contribution in [-0.2, 0) is 33.2 Å². The fourth-order valence-electron chi connectivity index (χ4n) is 15.8. The Kier molecular flexibility index (Phi) is 13.9. The van der Waals surface area contributed by atoms with Crippen LogP contribution in [0.15, 0.2) is 0 Å². The van der Waals surface area contributed by atoms with Crippen molar-refractivity contribution < 1.29 is 89.3 Å². The van der Waals surface area contributed by atoms with Crippen LogP contribution in [0.3, 0.4) is 0 Å². The lowest BCUT2D eigenvalue weighted by Gasteiger charge is -2.71. The smallest absolute Gasteiger partial charge is 0.187 e. The maximum absolute atomic E-state index is 12.5. The first-order valence-electron chi connectivity index (χ1n) is 24.6. The lowest BCUT2D eigenvalue weighted by Crippen LogP contribution is -2.69. The molecular formula is C48H82O18. The van der Waals surface area contributed by atoms with E-state index in [0.717, 1.165) is 32.1 Å². The lowest BCUT2D eigenvalue weighted by atomic mass is 9.35. The van der Waals surface area contributed by atoms with Crippen LogP contribution in [0.2, 0.25) is 0 Å². The highest BCUT2D eigenvalue weighted by molar-refractivity contribution is 5.21. The molecule has 4 aliphatic heterocycles. The summed E-state index contributed by atoms with van der Waals surface area (Å²) in [6.45, 7) is 19.5. The van der Waals surface area contributed by atoms with Crippen molar-refractivity contribution in [1.29, 1.82) is 0 Å². The summed E-state index contributed by atoms with van der Waals surface area (Å²) in [5, 5.41) is 121. The topological polar surface area (TPSA) is 287 Å². The van der Waals surface area contributed by atoms with Gasteiger partial charge in [0.15, 0.2) is 18.9 Å². The molecular weight excluding hydrogens is 865 g/mol. The lowest BCUT2D eigenvalue weighted by molar-refractivity contribution is -0.397. The summed E-state index contributed by atoms with van der Waals surface area (Å²) in [4.78, 5) is 0. The highest BCUT2D eigenvalue weighted by Crippen LogP contribution is 2.76. The number of aliphatic hydroxyl groups excluding tert-OH is 11. The van der Waals surface area contributed by atoms with E-state index in [9.17, 15) is 56.2 Å². The number of hydrogen-bond donors (Lipinski definition) is 11. The molecule has 8 fully saturated rings. The van der Waals surface area contributed by atoms with E-state index in [-0.39, 0.29) is 39.9 Å². The van der Waals surface area contributed by atoms with E-state index >= 15 is 0 Å². The van der Waals surface area contributed by atoms with Crippen molar-refractivity contribution in [2.24, 2.45) is 45.3 Å². The van der Waals surface area contributed by atoms with E-state index < -0.39 is 140 Å². The van der Waals surface area contributed by atoms with Gasteiger partial charge in [0.05, 0.1) is 48.3 Å². The van der Waals surface area contributed by atoms with Gasteiger partial charge < -0.3 is 89.3 Å². The molecule has 18 nitrogen and oxygen atoms in total. The normalized spacial score (nSPS) is 58.2. The van der Waals surface area contributed by atoms with Crippen molar-refractivity contribution in [3.63, 3.8) is 0 Å². The van der Waals surface area contributed by atoms with Gasteiger partial charge in [-0.1, -0.05) is 34.6 Å². The second-order valence-electron chi connectivity index (χ2n) is 24.0. The molecule has 0 radical (unpaired) electrons. The molecule has 4 aliphatic carbocycles. The Morgan fingerprint density at radius 3 is 1.67 bits per heavy atom. The first-order valence-corrected chi connectivity index (χ1v) is 24.6. The van der Waals surface area contributed by atoms with Gasteiger partial charge in [-0.2, -0.15) is 0 Å². The van der Waals surface area contributed by atoms with Crippen molar-refractivity contribution in [3.8, 4) is 0 Å². The fourth-order valence-corrected chi connectivity index (χ4v) is 15.8. The van der Waals surface area contributed by atoms with Gasteiger partial charge in [-0.25, -0.2) is 0 Å². The van der Waals surface area contributed by atoms with E-state index in [2.05, 4.69) is 41.5 Å². The second kappa shape index (κ2) is 17.8. The van der Waals surface area contributed by atoms with Crippen molar-refractivity contribution in [3.05, 3.63) is 0 Å². The minimum absolute atomic E-state index is 0.0211. The Hall–Kier alpha value is -0.720. The van der Waals surface area contributed by atoms with E-state index in [1.54, 1.807) is 0 Å². The molecule has 0 aromatic rings. The molecule has 18 heteroatoms. The van der Waals surface area contributed by atoms with Gasteiger partial charge in [0.2, 0.25) is 0 Å². The molecule has 8 rings (SSSR count). The molecule has 0 unspecified atom stereocenters. The molecule has 8 aliphatic rings. The molecule has 66 heavy (non-hydrogen) atoms. The molecule has 0 bridgehead atoms. The number of hydrogen-bond acceptors (Lipinski definition) is 18. The van der Waals surface area contributed by atoms with Crippen molar-refractivity contribution >= 4 is 0 Å². The summed E-state index contributed by atoms with van der Waals surface area (Å²) >= 11 is 0. The summed E-state index contributed by atoms with van der Waals surface area (Å²) < 4.78 is 44.2. The number of rotatable bonds is 8. The minimum atomic E-state index is -1.77. The molecule has 11 N–H and O–H groups in total. The van der Waals surface area contributed by atoms with Crippen LogP contribution in [0.1, 0.15) is 121 Å². The number of ether oxygens (including phenoxy) is 7. The molecule has 0 spiro atoms. The maximum atomic E-state index is 12.5. The summed E-state index contributed by atoms with van der Waals surface area (Å²) in [5.74, 6) is 0.144. The number of aliphatic hydroxyl groups is 11. The highest BCUT2D eigenvalue weighted by atomic mass is 16.8. The zero-order valence-electron chi connectivity index (χ0n) is 40.4. The van der Waals surface area contributed by atoms with Gasteiger partial charge in [-0.3, -0.25) is 0 Å². The van der Waals surface area contributed by atoms with Gasteiger partial charge in [0.1, 0.15) is 67.1 Å². The van der Waals surface area contributed by atoms with Crippen LogP contribution in [0, 0.1) is 45.3 Å². The van der Waals surface area contributed by atoms with Crippen LogP contribution in [0.25, 0.3) is 0 Å². The third-order valence-corrected chi connectivity index (χ3v) is 19.6. The van der Waals surface area contributed by atoms with Gasteiger partial charge in [-0.05, 0) is 125 Å². The van der Waals surface area contributed by atoms with Gasteiger partial charge in [0, 0.05) is 6.42 Å². The summed E-state index contributed by atoms with van der Waals surface area (Å²) in [6, 6.07) is 0. The van der Waals surface area contributed by atoms with Gasteiger partial charge in [0.25, 0.3) is 0 Å². The average molecular weight is 947 g/mol. The largest absolute Gasteiger partial charge is 0.394 e. The summed E-state index contributed by atoms with van der Waals surface area (Å²) in [6.07, 6.45) is -19.8. The van der Waals surface area contributed by atoms with Crippen molar-refractivity contribution in [2.75, 3.05) is 6.61 Å². The Morgan fingerprint density at radius 1 is 0.545 bits per heavy atom. The van der Waals surface area contributed by atoms with Crippen molar-refractivity contribution in [2.45, 2.75) is 248 Å². The molecule has 4 saturated heterocycles. The van der Waals surface area contributed by atoms with E-state index in [0.29, 0.717) is 19.3 Å². The predicted molar refractivity (Wildman–Crippen MR) is 232 cm³/mol. The Labute approximate surface area is 388 Å². The van der Waals surface area contributed by atoms with Gasteiger partial charge in [-0.15, -0.1) is 0 Å². The molecule has 4 saturated carbocycles. The predicted octanol–water partition coefficient (Wildman–Crippen LogP) is 0.210. The zero-order chi connectivity index (χ0) is 48.6. The number of fused-ring (bicyclic) bond motifs is 5. The third kappa shape index (κ3) is 7.99. The molecule has 27 atom stereocenters. The molecule has 382 valence electrons. The highest BCUT2D eigenvalue weighted by Gasteiger charge is 2.72. The molecule has 4 heterocycles. The molecule has 0 aromatic heterocycles. The quantitative estimate of drug-likeness (QED) is 0.145. The van der Waals surface area contributed by atoms with Crippen LogP contribution in [0.5, 0.6) is 0 Å². The third-order valence-electron chi connectivity index (χ3n) is 19.6. The SMILES string of the molecule is C[C@@H]1O[C@@H](O[C@H]2[C@H](O[C@H]3CC[C@@]4(C)[C@H](CC[C@]5(C)[C@@H]4C[C@@H](O)[C@@H]4[C@@H]([C@]6(C)C[C@H](O)[C@@H](O)C(C)(C)O6)CC[C@]45C)C3(C)C)O[C@H](CO)[C@@H](O)[C@@H]2O[C@@H]2O[C@@H](C)[C@H](O)[C@@H](O)[C@H]2O)[C@H](O)[C@H](O)[C@H]1O. The minimum Gasteiger partial charge on any atom is -0.394 e. The van der Waals surface area contributed by atoms with E-state index in [4.69, 9.17) is 33.2 Å². The second-order valence-corrected chi connectivity index (χ2v) is 24.0. The van der Waals surface area contributed by atoms with Crippen LogP contribution in [-0.4, -0.2) is 191 Å². The average Bonchev–Trinajstić information content (AvgIpc) is 3.63.